The fourth-order valence-corrected chi connectivity index (χ4v) is 2.24. The summed E-state index contributed by atoms with van der Waals surface area (Å²) in [4.78, 5) is 0.0729. The average molecular weight is 253 g/mol. The maximum atomic E-state index is 11.8. The first kappa shape index (κ1) is 11.6. The molecule has 0 bridgehead atoms. The summed E-state index contributed by atoms with van der Waals surface area (Å²) >= 11 is 0. The van der Waals surface area contributed by atoms with Crippen LogP contribution in [0, 0.1) is 0 Å². The smallest absolute Gasteiger partial charge is 0.265 e. The van der Waals surface area contributed by atoms with Crippen molar-refractivity contribution < 1.29 is 13.5 Å². The van der Waals surface area contributed by atoms with Crippen molar-refractivity contribution in [2.75, 3.05) is 4.72 Å². The number of aromatic nitrogens is 2. The highest BCUT2D eigenvalue weighted by Gasteiger charge is 2.14. The number of aliphatic hydroxyl groups excluding tert-OH is 1. The molecule has 0 unspecified atom stereocenters. The summed E-state index contributed by atoms with van der Waals surface area (Å²) < 4.78 is 26.0. The Hall–Kier alpha value is -1.86. The lowest BCUT2D eigenvalue weighted by atomic mass is 10.2. The van der Waals surface area contributed by atoms with Gasteiger partial charge in [0.1, 0.15) is 4.90 Å². The predicted molar refractivity (Wildman–Crippen MR) is 61.8 cm³/mol. The number of hydrogen-bond acceptors (Lipinski definition) is 4. The molecule has 3 N–H and O–H groups in total. The first-order valence-corrected chi connectivity index (χ1v) is 6.31. The van der Waals surface area contributed by atoms with Crippen LogP contribution in [0.15, 0.2) is 41.6 Å². The van der Waals surface area contributed by atoms with Crippen LogP contribution in [0.3, 0.4) is 0 Å². The van der Waals surface area contributed by atoms with Crippen LogP contribution in [0.1, 0.15) is 5.56 Å². The van der Waals surface area contributed by atoms with Crippen LogP contribution in [-0.4, -0.2) is 23.7 Å². The number of nitrogens with zero attached hydrogens (tertiary/aromatic N) is 1. The van der Waals surface area contributed by atoms with Gasteiger partial charge in [-0.25, -0.2) is 8.42 Å². The Kier molecular flexibility index (Phi) is 3.12. The summed E-state index contributed by atoms with van der Waals surface area (Å²) in [6, 6.07) is 6.47. The van der Waals surface area contributed by atoms with E-state index in [4.69, 9.17) is 5.11 Å². The molecule has 6 nitrogen and oxygen atoms in total. The number of sulfonamides is 1. The highest BCUT2D eigenvalue weighted by molar-refractivity contribution is 7.92. The van der Waals surface area contributed by atoms with Gasteiger partial charge >= 0.3 is 0 Å². The maximum absolute atomic E-state index is 11.8. The number of hydrogen-bond donors (Lipinski definition) is 3. The van der Waals surface area contributed by atoms with Gasteiger partial charge in [-0.3, -0.25) is 9.82 Å². The van der Waals surface area contributed by atoms with Crippen LogP contribution in [0.25, 0.3) is 0 Å². The first-order valence-electron chi connectivity index (χ1n) is 4.83. The fraction of sp³-hybridized carbons (Fsp3) is 0.100. The van der Waals surface area contributed by atoms with Gasteiger partial charge in [-0.2, -0.15) is 5.10 Å². The Balaban J connectivity index is 2.21. The van der Waals surface area contributed by atoms with Gasteiger partial charge in [0, 0.05) is 11.9 Å². The van der Waals surface area contributed by atoms with E-state index < -0.39 is 10.0 Å². The van der Waals surface area contributed by atoms with Crippen LogP contribution in [0.2, 0.25) is 0 Å². The third kappa shape index (κ3) is 2.63. The Morgan fingerprint density at radius 2 is 2.00 bits per heavy atom. The number of aromatic amines is 1. The zero-order valence-corrected chi connectivity index (χ0v) is 9.61. The molecule has 2 aromatic rings. The molecule has 0 spiro atoms. The molecular formula is C10H11N3O3S. The second kappa shape index (κ2) is 4.56. The largest absolute Gasteiger partial charge is 0.392 e. The lowest BCUT2D eigenvalue weighted by Crippen LogP contribution is -2.12. The number of anilines is 1. The molecule has 0 aliphatic carbocycles. The van der Waals surface area contributed by atoms with Crippen molar-refractivity contribution in [3.63, 3.8) is 0 Å². The molecule has 1 heterocycles. The van der Waals surface area contributed by atoms with Crippen molar-refractivity contribution in [2.24, 2.45) is 0 Å². The number of aliphatic hydroxyl groups is 1. The molecule has 0 aliphatic heterocycles. The molecule has 17 heavy (non-hydrogen) atoms. The van der Waals surface area contributed by atoms with E-state index in [2.05, 4.69) is 14.9 Å². The molecule has 0 fully saturated rings. The zero-order valence-electron chi connectivity index (χ0n) is 8.79. The lowest BCUT2D eigenvalue weighted by molar-refractivity contribution is 0.282. The molecule has 0 radical (unpaired) electrons. The summed E-state index contributed by atoms with van der Waals surface area (Å²) in [7, 11) is -3.60. The molecule has 0 saturated heterocycles. The quantitative estimate of drug-likeness (QED) is 0.747. The predicted octanol–water partition coefficient (Wildman–Crippen LogP) is 0.703. The maximum Gasteiger partial charge on any atom is 0.265 e. The van der Waals surface area contributed by atoms with Gasteiger partial charge < -0.3 is 5.11 Å². The number of nitrogens with one attached hydrogen (secondary N) is 2. The zero-order chi connectivity index (χ0) is 12.3. The van der Waals surface area contributed by atoms with Crippen molar-refractivity contribution in [1.29, 1.82) is 0 Å². The second-order valence-electron chi connectivity index (χ2n) is 3.39. The molecule has 90 valence electrons. The molecule has 1 aromatic heterocycles. The fourth-order valence-electron chi connectivity index (χ4n) is 1.28. The molecule has 2 rings (SSSR count). The highest BCUT2D eigenvalue weighted by atomic mass is 32.2. The first-order chi connectivity index (χ1) is 8.12. The third-order valence-electron chi connectivity index (χ3n) is 2.17. The summed E-state index contributed by atoms with van der Waals surface area (Å²) in [5, 5.41) is 14.9. The van der Waals surface area contributed by atoms with Gasteiger partial charge in [-0.15, -0.1) is 0 Å². The van der Waals surface area contributed by atoms with E-state index >= 15 is 0 Å². The van der Waals surface area contributed by atoms with Crippen molar-refractivity contribution in [3.05, 3.63) is 42.2 Å². The van der Waals surface area contributed by atoms with E-state index in [1.807, 2.05) is 0 Å². The van der Waals surface area contributed by atoms with E-state index in [1.165, 1.54) is 12.4 Å². The van der Waals surface area contributed by atoms with Gasteiger partial charge in [0.25, 0.3) is 10.0 Å². The minimum Gasteiger partial charge on any atom is -0.392 e. The minimum absolute atomic E-state index is 0.0729. The Morgan fingerprint density at radius 3 is 2.53 bits per heavy atom. The van der Waals surface area contributed by atoms with E-state index in [0.29, 0.717) is 5.69 Å². The molecular weight excluding hydrogens is 242 g/mol. The normalized spacial score (nSPS) is 11.4. The van der Waals surface area contributed by atoms with Gasteiger partial charge in [-0.1, -0.05) is 12.1 Å². The molecule has 0 aliphatic rings. The van der Waals surface area contributed by atoms with Crippen LogP contribution >= 0.6 is 0 Å². The van der Waals surface area contributed by atoms with Crippen molar-refractivity contribution in [1.82, 2.24) is 10.2 Å². The standard InChI is InChI=1S/C10H11N3O3S/c14-7-8-1-3-9(4-2-8)13-17(15,16)10-5-11-12-6-10/h1-6,13-14H,7H2,(H,11,12). The summed E-state index contributed by atoms with van der Waals surface area (Å²) in [6.07, 6.45) is 2.52. The Bertz CT molecular complexity index is 576. The number of benzene rings is 1. The minimum atomic E-state index is -3.60. The monoisotopic (exact) mass is 253 g/mol. The van der Waals surface area contributed by atoms with E-state index in [-0.39, 0.29) is 11.5 Å². The molecule has 7 heteroatoms. The van der Waals surface area contributed by atoms with Crippen molar-refractivity contribution >= 4 is 15.7 Å². The molecule has 0 saturated carbocycles. The van der Waals surface area contributed by atoms with Crippen LogP contribution in [0.5, 0.6) is 0 Å². The molecule has 1 aromatic carbocycles. The lowest BCUT2D eigenvalue weighted by Gasteiger charge is -2.06. The van der Waals surface area contributed by atoms with Crippen LogP contribution in [0.4, 0.5) is 5.69 Å². The summed E-state index contributed by atoms with van der Waals surface area (Å²) in [5.74, 6) is 0. The highest BCUT2D eigenvalue weighted by Crippen LogP contribution is 2.15. The third-order valence-corrected chi connectivity index (χ3v) is 3.52. The topological polar surface area (TPSA) is 95.1 Å². The van der Waals surface area contributed by atoms with Crippen LogP contribution < -0.4 is 4.72 Å². The van der Waals surface area contributed by atoms with E-state index in [0.717, 1.165) is 5.56 Å². The number of H-pyrrole nitrogens is 1. The Morgan fingerprint density at radius 1 is 1.29 bits per heavy atom. The average Bonchev–Trinajstić information content (AvgIpc) is 2.84. The van der Waals surface area contributed by atoms with Crippen molar-refractivity contribution in [2.45, 2.75) is 11.5 Å². The van der Waals surface area contributed by atoms with Gasteiger partial charge in [0.2, 0.25) is 0 Å². The SMILES string of the molecule is O=S(=O)(Nc1ccc(CO)cc1)c1cn[nH]c1. The Labute approximate surface area is 98.4 Å². The van der Waals surface area contributed by atoms with Crippen LogP contribution in [-0.2, 0) is 16.6 Å². The summed E-state index contributed by atoms with van der Waals surface area (Å²) in [5.41, 5.74) is 1.15. The molecule has 0 amide bonds. The van der Waals surface area contributed by atoms with E-state index in [1.54, 1.807) is 24.3 Å². The number of rotatable bonds is 4. The molecule has 0 atom stereocenters. The van der Waals surface area contributed by atoms with Crippen molar-refractivity contribution in [3.8, 4) is 0 Å². The van der Waals surface area contributed by atoms with Gasteiger partial charge in [0.15, 0.2) is 0 Å². The summed E-state index contributed by atoms with van der Waals surface area (Å²) in [6.45, 7) is -0.0746. The van der Waals surface area contributed by atoms with E-state index in [9.17, 15) is 8.42 Å². The van der Waals surface area contributed by atoms with Gasteiger partial charge in [0.05, 0.1) is 12.8 Å². The van der Waals surface area contributed by atoms with Gasteiger partial charge in [-0.05, 0) is 17.7 Å². The second-order valence-corrected chi connectivity index (χ2v) is 5.08.